The molecule has 1 saturated heterocycles. The Morgan fingerprint density at radius 3 is 2.22 bits per heavy atom. The van der Waals surface area contributed by atoms with E-state index in [1.807, 2.05) is 0 Å². The van der Waals surface area contributed by atoms with Crippen LogP contribution < -0.4 is 24.3 Å². The van der Waals surface area contributed by atoms with Crippen LogP contribution in [0.1, 0.15) is 0 Å². The summed E-state index contributed by atoms with van der Waals surface area (Å²) in [4.78, 5) is 0. The molecule has 0 spiro atoms. The zero-order chi connectivity index (χ0) is 18.7. The van der Waals surface area contributed by atoms with Gasteiger partial charge in [0.1, 0.15) is 17.6 Å². The number of ether oxygens (including phenoxy) is 4. The van der Waals surface area contributed by atoms with Crippen molar-refractivity contribution in [3.8, 4) is 34.1 Å². The highest BCUT2D eigenvalue weighted by Crippen LogP contribution is 2.40. The Hall–Kier alpha value is -2.32. The van der Waals surface area contributed by atoms with Crippen molar-refractivity contribution in [1.82, 2.24) is 5.32 Å². The molecule has 0 unspecified atom stereocenters. The Balaban J connectivity index is 0.00000261. The van der Waals surface area contributed by atoms with Gasteiger partial charge in [-0.05, 0) is 29.8 Å². The van der Waals surface area contributed by atoms with Gasteiger partial charge >= 0.3 is 6.36 Å². The smallest absolute Gasteiger partial charge is 0.497 e. The predicted molar refractivity (Wildman–Crippen MR) is 96.2 cm³/mol. The fraction of sp³-hybridized carbons (Fsp3) is 0.333. The van der Waals surface area contributed by atoms with E-state index >= 15 is 0 Å². The van der Waals surface area contributed by atoms with Gasteiger partial charge in [0.15, 0.2) is 11.5 Å². The molecule has 1 heterocycles. The molecule has 148 valence electrons. The maximum absolute atomic E-state index is 12.8. The molecule has 1 aliphatic rings. The van der Waals surface area contributed by atoms with Crippen LogP contribution >= 0.6 is 12.4 Å². The maximum Gasteiger partial charge on any atom is 0.573 e. The van der Waals surface area contributed by atoms with Crippen LogP contribution in [0.3, 0.4) is 0 Å². The third kappa shape index (κ3) is 5.11. The van der Waals surface area contributed by atoms with Crippen LogP contribution in [0.4, 0.5) is 13.2 Å². The van der Waals surface area contributed by atoms with Crippen molar-refractivity contribution in [2.75, 3.05) is 27.3 Å². The average molecular weight is 406 g/mol. The number of halogens is 4. The highest BCUT2D eigenvalue weighted by molar-refractivity contribution is 5.85. The second kappa shape index (κ2) is 8.58. The van der Waals surface area contributed by atoms with Gasteiger partial charge in [0.05, 0.1) is 14.2 Å². The first-order valence-corrected chi connectivity index (χ1v) is 7.89. The van der Waals surface area contributed by atoms with E-state index in [0.717, 1.165) is 0 Å². The van der Waals surface area contributed by atoms with E-state index in [0.29, 0.717) is 35.7 Å². The van der Waals surface area contributed by atoms with E-state index in [2.05, 4.69) is 10.1 Å². The number of nitrogens with one attached hydrogen (secondary N) is 1. The van der Waals surface area contributed by atoms with Gasteiger partial charge in [-0.1, -0.05) is 6.07 Å². The monoisotopic (exact) mass is 405 g/mol. The van der Waals surface area contributed by atoms with Gasteiger partial charge in [-0.3, -0.25) is 0 Å². The van der Waals surface area contributed by atoms with E-state index < -0.39 is 6.36 Å². The first-order chi connectivity index (χ1) is 12.4. The summed E-state index contributed by atoms with van der Waals surface area (Å²) in [6.07, 6.45) is -4.99. The van der Waals surface area contributed by atoms with Crippen molar-refractivity contribution in [3.63, 3.8) is 0 Å². The van der Waals surface area contributed by atoms with Crippen molar-refractivity contribution < 1.29 is 32.1 Å². The summed E-state index contributed by atoms with van der Waals surface area (Å²) in [7, 11) is 3.00. The van der Waals surface area contributed by atoms with Gasteiger partial charge < -0.3 is 24.3 Å². The zero-order valence-electron chi connectivity index (χ0n) is 14.6. The zero-order valence-corrected chi connectivity index (χ0v) is 15.4. The molecule has 1 aliphatic heterocycles. The van der Waals surface area contributed by atoms with E-state index in [-0.39, 0.29) is 30.0 Å². The van der Waals surface area contributed by atoms with Gasteiger partial charge in [-0.25, -0.2) is 0 Å². The summed E-state index contributed by atoms with van der Waals surface area (Å²) >= 11 is 0. The first kappa shape index (κ1) is 21.0. The van der Waals surface area contributed by atoms with Crippen molar-refractivity contribution in [2.45, 2.75) is 12.5 Å². The summed E-state index contributed by atoms with van der Waals surface area (Å²) in [6.45, 7) is 1.17. The Bertz CT molecular complexity index is 782. The first-order valence-electron chi connectivity index (χ1n) is 7.89. The van der Waals surface area contributed by atoms with Crippen LogP contribution in [0.2, 0.25) is 0 Å². The lowest BCUT2D eigenvalue weighted by molar-refractivity contribution is -0.275. The lowest BCUT2D eigenvalue weighted by atomic mass is 10.0. The van der Waals surface area contributed by atoms with Crippen LogP contribution in [0.25, 0.3) is 11.1 Å². The normalized spacial score (nSPS) is 14.0. The third-order valence-corrected chi connectivity index (χ3v) is 3.93. The number of alkyl halides is 3. The second-order valence-electron chi connectivity index (χ2n) is 5.67. The van der Waals surface area contributed by atoms with Gasteiger partial charge in [0.25, 0.3) is 0 Å². The van der Waals surface area contributed by atoms with Gasteiger partial charge in [-0.15, -0.1) is 25.6 Å². The maximum atomic E-state index is 12.8. The molecule has 0 saturated carbocycles. The average Bonchev–Trinajstić information content (AvgIpc) is 2.57. The summed E-state index contributed by atoms with van der Waals surface area (Å²) in [5.41, 5.74) is 1.11. The van der Waals surface area contributed by atoms with E-state index in [9.17, 15) is 13.2 Å². The Labute approximate surface area is 160 Å². The lowest BCUT2D eigenvalue weighted by Crippen LogP contribution is -2.50. The molecule has 0 aliphatic carbocycles. The molecule has 0 aromatic heterocycles. The van der Waals surface area contributed by atoms with Crippen molar-refractivity contribution >= 4 is 12.4 Å². The van der Waals surface area contributed by atoms with Gasteiger partial charge in [0, 0.05) is 24.7 Å². The minimum absolute atomic E-state index is 0. The minimum Gasteiger partial charge on any atom is -0.497 e. The van der Waals surface area contributed by atoms with Crippen molar-refractivity contribution in [3.05, 3.63) is 36.4 Å². The number of hydrogen-bond acceptors (Lipinski definition) is 5. The molecule has 0 atom stereocenters. The Morgan fingerprint density at radius 2 is 1.67 bits per heavy atom. The molecular weight excluding hydrogens is 387 g/mol. The van der Waals surface area contributed by atoms with Gasteiger partial charge in [-0.2, -0.15) is 0 Å². The highest BCUT2D eigenvalue weighted by Gasteiger charge is 2.33. The number of benzene rings is 2. The summed E-state index contributed by atoms with van der Waals surface area (Å²) in [6, 6.07) is 9.49. The van der Waals surface area contributed by atoms with E-state index in [1.165, 1.54) is 26.4 Å². The highest BCUT2D eigenvalue weighted by atomic mass is 35.5. The molecule has 5 nitrogen and oxygen atoms in total. The molecule has 1 N–H and O–H groups in total. The minimum atomic E-state index is -4.82. The molecule has 0 bridgehead atoms. The summed E-state index contributed by atoms with van der Waals surface area (Å²) in [5.74, 6) is 0.707. The van der Waals surface area contributed by atoms with Crippen LogP contribution in [0.15, 0.2) is 36.4 Å². The van der Waals surface area contributed by atoms with Crippen molar-refractivity contribution in [1.29, 1.82) is 0 Å². The Kier molecular flexibility index (Phi) is 6.67. The summed E-state index contributed by atoms with van der Waals surface area (Å²) in [5, 5.41) is 3.00. The fourth-order valence-corrected chi connectivity index (χ4v) is 2.54. The SMILES string of the molecule is COc1ccc(-c2ccc(OC3CNC3)c(OC(F)(F)F)c2)c(OC)c1.Cl. The number of hydrogen-bond donors (Lipinski definition) is 1. The van der Waals surface area contributed by atoms with Crippen LogP contribution in [-0.2, 0) is 0 Å². The number of rotatable bonds is 6. The summed E-state index contributed by atoms with van der Waals surface area (Å²) < 4.78 is 58.6. The topological polar surface area (TPSA) is 49.0 Å². The van der Waals surface area contributed by atoms with Crippen LogP contribution in [0, 0.1) is 0 Å². The third-order valence-electron chi connectivity index (χ3n) is 3.93. The molecule has 2 aromatic carbocycles. The molecular formula is C18H19ClF3NO4. The molecule has 9 heteroatoms. The fourth-order valence-electron chi connectivity index (χ4n) is 2.54. The largest absolute Gasteiger partial charge is 0.573 e. The second-order valence-corrected chi connectivity index (χ2v) is 5.67. The quantitative estimate of drug-likeness (QED) is 0.786. The Morgan fingerprint density at radius 1 is 0.926 bits per heavy atom. The molecule has 0 radical (unpaired) electrons. The van der Waals surface area contributed by atoms with Gasteiger partial charge in [0.2, 0.25) is 0 Å². The molecule has 27 heavy (non-hydrogen) atoms. The van der Waals surface area contributed by atoms with Crippen LogP contribution in [0.5, 0.6) is 23.0 Å². The van der Waals surface area contributed by atoms with Crippen LogP contribution in [-0.4, -0.2) is 39.8 Å². The molecule has 0 amide bonds. The molecule has 2 aromatic rings. The molecule has 3 rings (SSSR count). The standard InChI is InChI=1S/C18H18F3NO4.ClH/c1-23-12-4-5-14(16(8-12)24-2)11-3-6-15(25-13-9-22-10-13)17(7-11)26-18(19,20)21;/h3-8,13,22H,9-10H2,1-2H3;1H. The molecule has 1 fully saturated rings. The predicted octanol–water partition coefficient (Wildman–Crippen LogP) is 4.04. The van der Waals surface area contributed by atoms with E-state index in [4.69, 9.17) is 14.2 Å². The van der Waals surface area contributed by atoms with E-state index in [1.54, 1.807) is 24.3 Å². The van der Waals surface area contributed by atoms with Crippen molar-refractivity contribution in [2.24, 2.45) is 0 Å². The lowest BCUT2D eigenvalue weighted by Gasteiger charge is -2.28. The number of methoxy groups -OCH3 is 2.